The Bertz CT molecular complexity index is 839. The average Bonchev–Trinajstić information content (AvgIpc) is 2.99. The smallest absolute Gasteiger partial charge is 0.291 e. The SMILES string of the molecule is CCOCc1c(C(=O)Nc2ccc(SC)cc2)oc2ccccc12. The molecule has 1 heterocycles. The lowest BCUT2D eigenvalue weighted by molar-refractivity contribution is 0.0984. The average molecular weight is 341 g/mol. The van der Waals surface area contributed by atoms with E-state index < -0.39 is 0 Å². The van der Waals surface area contributed by atoms with Crippen molar-refractivity contribution in [3.8, 4) is 0 Å². The highest BCUT2D eigenvalue weighted by molar-refractivity contribution is 7.98. The molecular weight excluding hydrogens is 322 g/mol. The van der Waals surface area contributed by atoms with E-state index in [1.807, 2.05) is 61.7 Å². The fourth-order valence-electron chi connectivity index (χ4n) is 2.49. The maximum atomic E-state index is 12.7. The van der Waals surface area contributed by atoms with Gasteiger partial charge in [0.15, 0.2) is 5.76 Å². The van der Waals surface area contributed by atoms with Crippen molar-refractivity contribution in [2.24, 2.45) is 0 Å². The molecule has 0 saturated carbocycles. The molecule has 0 aliphatic carbocycles. The van der Waals surface area contributed by atoms with Crippen LogP contribution in [0.5, 0.6) is 0 Å². The molecular formula is C19H19NO3S. The van der Waals surface area contributed by atoms with Crippen LogP contribution >= 0.6 is 11.8 Å². The molecule has 3 rings (SSSR count). The van der Waals surface area contributed by atoms with Crippen molar-refractivity contribution in [2.45, 2.75) is 18.4 Å². The molecule has 0 unspecified atom stereocenters. The third-order valence-electron chi connectivity index (χ3n) is 3.70. The lowest BCUT2D eigenvalue weighted by Gasteiger charge is -2.06. The summed E-state index contributed by atoms with van der Waals surface area (Å²) in [7, 11) is 0. The summed E-state index contributed by atoms with van der Waals surface area (Å²) >= 11 is 1.66. The van der Waals surface area contributed by atoms with Gasteiger partial charge in [0.25, 0.3) is 5.91 Å². The highest BCUT2D eigenvalue weighted by atomic mass is 32.2. The summed E-state index contributed by atoms with van der Waals surface area (Å²) in [4.78, 5) is 13.8. The highest BCUT2D eigenvalue weighted by Crippen LogP contribution is 2.27. The number of carbonyl (C=O) groups excluding carboxylic acids is 1. The van der Waals surface area contributed by atoms with Gasteiger partial charge in [0.1, 0.15) is 5.58 Å². The minimum absolute atomic E-state index is 0.266. The Morgan fingerprint density at radius 3 is 2.62 bits per heavy atom. The summed E-state index contributed by atoms with van der Waals surface area (Å²) in [6.45, 7) is 2.85. The number of para-hydroxylation sites is 1. The summed E-state index contributed by atoms with van der Waals surface area (Å²) in [5.41, 5.74) is 2.21. The molecule has 0 fully saturated rings. The molecule has 0 aliphatic rings. The van der Waals surface area contributed by atoms with E-state index in [2.05, 4.69) is 5.32 Å². The number of carbonyl (C=O) groups is 1. The number of furan rings is 1. The molecule has 24 heavy (non-hydrogen) atoms. The highest BCUT2D eigenvalue weighted by Gasteiger charge is 2.20. The predicted molar refractivity (Wildman–Crippen MR) is 97.7 cm³/mol. The van der Waals surface area contributed by atoms with Gasteiger partial charge in [-0.05, 0) is 43.5 Å². The second-order valence-electron chi connectivity index (χ2n) is 5.23. The van der Waals surface area contributed by atoms with Crippen molar-refractivity contribution in [3.63, 3.8) is 0 Å². The van der Waals surface area contributed by atoms with Crippen LogP contribution in [0.2, 0.25) is 0 Å². The molecule has 1 N–H and O–H groups in total. The standard InChI is InChI=1S/C19H19NO3S/c1-3-22-12-16-15-6-4-5-7-17(15)23-18(16)19(21)20-13-8-10-14(24-2)11-9-13/h4-11H,3,12H2,1-2H3,(H,20,21). The molecule has 0 bridgehead atoms. The van der Waals surface area contributed by atoms with Gasteiger partial charge in [-0.2, -0.15) is 0 Å². The minimum atomic E-state index is -0.266. The molecule has 0 spiro atoms. The Morgan fingerprint density at radius 1 is 1.17 bits per heavy atom. The second-order valence-corrected chi connectivity index (χ2v) is 6.11. The molecule has 0 radical (unpaired) electrons. The van der Waals surface area contributed by atoms with Crippen molar-refractivity contribution in [2.75, 3.05) is 18.2 Å². The molecule has 5 heteroatoms. The summed E-state index contributed by atoms with van der Waals surface area (Å²) in [5, 5.41) is 3.80. The first-order valence-electron chi connectivity index (χ1n) is 7.76. The first kappa shape index (κ1) is 16.6. The normalized spacial score (nSPS) is 10.9. The van der Waals surface area contributed by atoms with Crippen molar-refractivity contribution in [1.82, 2.24) is 0 Å². The molecule has 0 saturated heterocycles. The monoisotopic (exact) mass is 341 g/mol. The quantitative estimate of drug-likeness (QED) is 0.645. The number of amides is 1. The van der Waals surface area contributed by atoms with Gasteiger partial charge in [-0.3, -0.25) is 4.79 Å². The number of fused-ring (bicyclic) bond motifs is 1. The van der Waals surface area contributed by atoms with Crippen LogP contribution in [-0.4, -0.2) is 18.8 Å². The van der Waals surface area contributed by atoms with Crippen LogP contribution < -0.4 is 5.32 Å². The van der Waals surface area contributed by atoms with E-state index in [1.54, 1.807) is 11.8 Å². The zero-order valence-electron chi connectivity index (χ0n) is 13.7. The summed E-state index contributed by atoms with van der Waals surface area (Å²) in [5.74, 6) is 0.0383. The molecule has 2 aromatic carbocycles. The zero-order chi connectivity index (χ0) is 16.9. The number of hydrogen-bond donors (Lipinski definition) is 1. The van der Waals surface area contributed by atoms with Gasteiger partial charge in [0.05, 0.1) is 6.61 Å². The largest absolute Gasteiger partial charge is 0.451 e. The van der Waals surface area contributed by atoms with Gasteiger partial charge in [-0.1, -0.05) is 18.2 Å². The van der Waals surface area contributed by atoms with Gasteiger partial charge in [0, 0.05) is 28.1 Å². The topological polar surface area (TPSA) is 51.5 Å². The van der Waals surface area contributed by atoms with Crippen molar-refractivity contribution < 1.29 is 13.9 Å². The molecule has 3 aromatic rings. The first-order valence-corrected chi connectivity index (χ1v) is 8.99. The molecule has 0 atom stereocenters. The van der Waals surface area contributed by atoms with E-state index in [-0.39, 0.29) is 5.91 Å². The molecule has 1 amide bonds. The Morgan fingerprint density at radius 2 is 1.92 bits per heavy atom. The Hall–Kier alpha value is -2.24. The third-order valence-corrected chi connectivity index (χ3v) is 4.45. The van der Waals surface area contributed by atoms with Gasteiger partial charge in [0.2, 0.25) is 0 Å². The van der Waals surface area contributed by atoms with E-state index in [9.17, 15) is 4.79 Å². The first-order chi connectivity index (χ1) is 11.7. The summed E-state index contributed by atoms with van der Waals surface area (Å²) in [6, 6.07) is 15.3. The second kappa shape index (κ2) is 7.55. The van der Waals surface area contributed by atoms with Crippen LogP contribution in [0.4, 0.5) is 5.69 Å². The third kappa shape index (κ3) is 3.47. The molecule has 1 aromatic heterocycles. The van der Waals surface area contributed by atoms with E-state index in [4.69, 9.17) is 9.15 Å². The van der Waals surface area contributed by atoms with Crippen LogP contribution in [0.1, 0.15) is 23.0 Å². The van der Waals surface area contributed by atoms with Crippen molar-refractivity contribution in [3.05, 3.63) is 59.9 Å². The number of hydrogen-bond acceptors (Lipinski definition) is 4. The molecule has 4 nitrogen and oxygen atoms in total. The van der Waals surface area contributed by atoms with Gasteiger partial charge in [-0.15, -0.1) is 11.8 Å². The Balaban J connectivity index is 1.90. The van der Waals surface area contributed by atoms with Crippen LogP contribution in [-0.2, 0) is 11.3 Å². The predicted octanol–water partition coefficient (Wildman–Crippen LogP) is 4.94. The summed E-state index contributed by atoms with van der Waals surface area (Å²) in [6.07, 6.45) is 2.02. The van der Waals surface area contributed by atoms with Crippen LogP contribution in [0, 0.1) is 0 Å². The summed E-state index contributed by atoms with van der Waals surface area (Å²) < 4.78 is 11.3. The lowest BCUT2D eigenvalue weighted by atomic mass is 10.1. The van der Waals surface area contributed by atoms with E-state index in [0.29, 0.717) is 24.6 Å². The van der Waals surface area contributed by atoms with Gasteiger partial charge >= 0.3 is 0 Å². The zero-order valence-corrected chi connectivity index (χ0v) is 14.5. The number of rotatable bonds is 6. The minimum Gasteiger partial charge on any atom is -0.451 e. The molecule has 124 valence electrons. The lowest BCUT2D eigenvalue weighted by Crippen LogP contribution is -2.13. The van der Waals surface area contributed by atoms with Gasteiger partial charge in [-0.25, -0.2) is 0 Å². The van der Waals surface area contributed by atoms with Crippen LogP contribution in [0.3, 0.4) is 0 Å². The van der Waals surface area contributed by atoms with Crippen molar-refractivity contribution >= 4 is 34.3 Å². The van der Waals surface area contributed by atoms with E-state index in [0.717, 1.165) is 21.5 Å². The number of nitrogens with one attached hydrogen (secondary N) is 1. The Kier molecular flexibility index (Phi) is 5.23. The Labute approximate surface area is 145 Å². The maximum absolute atomic E-state index is 12.7. The molecule has 0 aliphatic heterocycles. The number of anilines is 1. The number of benzene rings is 2. The van der Waals surface area contributed by atoms with Crippen LogP contribution in [0.25, 0.3) is 11.0 Å². The fourth-order valence-corrected chi connectivity index (χ4v) is 2.90. The van der Waals surface area contributed by atoms with E-state index >= 15 is 0 Å². The maximum Gasteiger partial charge on any atom is 0.291 e. The fraction of sp³-hybridized carbons (Fsp3) is 0.211. The van der Waals surface area contributed by atoms with E-state index in [1.165, 1.54) is 0 Å². The van der Waals surface area contributed by atoms with Gasteiger partial charge < -0.3 is 14.5 Å². The van der Waals surface area contributed by atoms with Crippen LogP contribution in [0.15, 0.2) is 57.8 Å². The number of thioether (sulfide) groups is 1. The number of ether oxygens (including phenoxy) is 1. The van der Waals surface area contributed by atoms with Crippen molar-refractivity contribution in [1.29, 1.82) is 0 Å².